The molecule has 0 spiro atoms. The minimum absolute atomic E-state index is 0.218. The first-order valence-corrected chi connectivity index (χ1v) is 8.08. The topological polar surface area (TPSA) is 64.4 Å². The minimum Gasteiger partial charge on any atom is -0.443 e. The molecule has 2 atom stereocenters. The molecule has 23 heavy (non-hydrogen) atoms. The summed E-state index contributed by atoms with van der Waals surface area (Å²) >= 11 is 6.17. The molecule has 0 unspecified atom stereocenters. The predicted molar refractivity (Wildman–Crippen MR) is 87.4 cm³/mol. The zero-order chi connectivity index (χ0) is 16.2. The molecule has 1 fully saturated rings. The molecule has 0 radical (unpaired) electrons. The van der Waals surface area contributed by atoms with Crippen LogP contribution < -0.4 is 5.32 Å². The second kappa shape index (κ2) is 7.15. The van der Waals surface area contributed by atoms with Gasteiger partial charge >= 0.3 is 0 Å². The molecule has 0 bridgehead atoms. The fraction of sp³-hybridized carbons (Fsp3) is 0.412. The number of benzene rings is 1. The fourth-order valence-corrected chi connectivity index (χ4v) is 3.32. The van der Waals surface area contributed by atoms with Gasteiger partial charge in [-0.25, -0.2) is 4.98 Å². The molecule has 0 aliphatic heterocycles. The molecule has 1 aliphatic rings. The van der Waals surface area contributed by atoms with Crippen LogP contribution in [0.4, 0.5) is 0 Å². The summed E-state index contributed by atoms with van der Waals surface area (Å²) in [5.74, 6) is 0.484. The van der Waals surface area contributed by atoms with E-state index < -0.39 is 0 Å². The van der Waals surface area contributed by atoms with Crippen LogP contribution in [0.25, 0.3) is 11.3 Å². The van der Waals surface area contributed by atoms with Crippen molar-refractivity contribution >= 4 is 17.5 Å². The Hall–Kier alpha value is -1.85. The Labute approximate surface area is 140 Å². The normalized spacial score (nSPS) is 20.6. The highest BCUT2D eigenvalue weighted by atomic mass is 35.5. The van der Waals surface area contributed by atoms with E-state index >= 15 is 0 Å². The monoisotopic (exact) mass is 334 g/mol. The smallest absolute Gasteiger partial charge is 0.273 e. The van der Waals surface area contributed by atoms with Gasteiger partial charge in [0.1, 0.15) is 0 Å². The number of nitrogens with one attached hydrogen (secondary N) is 1. The lowest BCUT2D eigenvalue weighted by Crippen LogP contribution is -2.33. The van der Waals surface area contributed by atoms with E-state index in [0.717, 1.165) is 19.3 Å². The molecular weight excluding hydrogens is 316 g/mol. The second-order valence-electron chi connectivity index (χ2n) is 5.69. The Balaban J connectivity index is 1.72. The highest BCUT2D eigenvalue weighted by molar-refractivity contribution is 6.33. The molecule has 122 valence electrons. The van der Waals surface area contributed by atoms with Crippen LogP contribution in [0.1, 0.15) is 29.8 Å². The van der Waals surface area contributed by atoms with Crippen LogP contribution in [0.15, 0.2) is 35.1 Å². The van der Waals surface area contributed by atoms with Gasteiger partial charge in [-0.05, 0) is 25.0 Å². The number of oxazole rings is 1. The highest BCUT2D eigenvalue weighted by Gasteiger charge is 2.28. The number of halogens is 1. The summed E-state index contributed by atoms with van der Waals surface area (Å²) in [5.41, 5.74) is 0.914. The number of amides is 1. The van der Waals surface area contributed by atoms with Crippen molar-refractivity contribution in [1.82, 2.24) is 10.3 Å². The number of rotatable bonds is 5. The first kappa shape index (κ1) is 16.0. The number of methoxy groups -OCH3 is 1. The maximum atomic E-state index is 12.4. The molecule has 6 heteroatoms. The van der Waals surface area contributed by atoms with Crippen molar-refractivity contribution < 1.29 is 13.9 Å². The predicted octanol–water partition coefficient (Wildman–Crippen LogP) is 3.54. The van der Waals surface area contributed by atoms with Gasteiger partial charge in [0.2, 0.25) is 0 Å². The molecule has 1 aromatic heterocycles. The van der Waals surface area contributed by atoms with Crippen LogP contribution in [0.5, 0.6) is 0 Å². The molecule has 1 heterocycles. The van der Waals surface area contributed by atoms with Gasteiger partial charge in [0.25, 0.3) is 5.91 Å². The van der Waals surface area contributed by atoms with Gasteiger partial charge in [-0.3, -0.25) is 4.79 Å². The van der Waals surface area contributed by atoms with Gasteiger partial charge in [0.15, 0.2) is 17.8 Å². The van der Waals surface area contributed by atoms with Crippen LogP contribution >= 0.6 is 11.6 Å². The van der Waals surface area contributed by atoms with Gasteiger partial charge in [-0.2, -0.15) is 0 Å². The van der Waals surface area contributed by atoms with E-state index in [1.807, 2.05) is 12.1 Å². The van der Waals surface area contributed by atoms with E-state index in [1.54, 1.807) is 19.2 Å². The van der Waals surface area contributed by atoms with Gasteiger partial charge < -0.3 is 14.5 Å². The number of carbonyl (C=O) groups is 1. The van der Waals surface area contributed by atoms with Gasteiger partial charge in [-0.1, -0.05) is 30.2 Å². The molecular formula is C17H19ClN2O3. The Morgan fingerprint density at radius 2 is 2.26 bits per heavy atom. The van der Waals surface area contributed by atoms with Gasteiger partial charge in [0, 0.05) is 25.1 Å². The van der Waals surface area contributed by atoms with E-state index in [4.69, 9.17) is 20.8 Å². The average Bonchev–Trinajstić information content (AvgIpc) is 3.21. The van der Waals surface area contributed by atoms with E-state index in [0.29, 0.717) is 28.8 Å². The third-order valence-corrected chi connectivity index (χ3v) is 4.65. The lowest BCUT2D eigenvalue weighted by atomic mass is 10.1. The van der Waals surface area contributed by atoms with Crippen molar-refractivity contribution in [2.75, 3.05) is 13.7 Å². The highest BCUT2D eigenvalue weighted by Crippen LogP contribution is 2.30. The molecule has 1 N–H and O–H groups in total. The number of hydrogen-bond donors (Lipinski definition) is 1. The summed E-state index contributed by atoms with van der Waals surface area (Å²) in [6.07, 6.45) is 4.73. The summed E-state index contributed by atoms with van der Waals surface area (Å²) in [7, 11) is 1.72. The minimum atomic E-state index is -0.254. The van der Waals surface area contributed by atoms with Crippen molar-refractivity contribution in [3.8, 4) is 11.3 Å². The summed E-state index contributed by atoms with van der Waals surface area (Å²) in [6.45, 7) is 0.576. The maximum absolute atomic E-state index is 12.4. The van der Waals surface area contributed by atoms with Crippen molar-refractivity contribution in [2.45, 2.75) is 25.4 Å². The van der Waals surface area contributed by atoms with Crippen molar-refractivity contribution in [2.24, 2.45) is 5.92 Å². The first-order valence-electron chi connectivity index (χ1n) is 7.70. The molecule has 0 saturated heterocycles. The number of ether oxygens (including phenoxy) is 1. The summed E-state index contributed by atoms with van der Waals surface area (Å²) in [4.78, 5) is 16.5. The maximum Gasteiger partial charge on any atom is 0.273 e. The largest absolute Gasteiger partial charge is 0.443 e. The summed E-state index contributed by atoms with van der Waals surface area (Å²) in [6, 6.07) is 7.22. The SMILES string of the molecule is CO[C@@H]1CCC[C@H]1CNC(=O)c1ncoc1-c1ccccc1Cl. The molecule has 1 saturated carbocycles. The zero-order valence-electron chi connectivity index (χ0n) is 12.9. The van der Waals surface area contributed by atoms with E-state index in [1.165, 1.54) is 6.39 Å². The standard InChI is InChI=1S/C17H19ClN2O3/c1-22-14-8-4-5-11(14)9-19-17(21)15-16(23-10-20-15)12-6-2-3-7-13(12)18/h2-3,6-7,10-11,14H,4-5,8-9H2,1H3,(H,19,21)/t11-,14+/m0/s1. The van der Waals surface area contributed by atoms with Gasteiger partial charge in [-0.15, -0.1) is 0 Å². The molecule has 1 aromatic carbocycles. The number of carbonyl (C=O) groups excluding carboxylic acids is 1. The fourth-order valence-electron chi connectivity index (χ4n) is 3.10. The van der Waals surface area contributed by atoms with Crippen LogP contribution in [0, 0.1) is 5.92 Å². The molecule has 5 nitrogen and oxygen atoms in total. The van der Waals surface area contributed by atoms with E-state index in [-0.39, 0.29) is 17.7 Å². The van der Waals surface area contributed by atoms with Crippen LogP contribution in [0.2, 0.25) is 5.02 Å². The van der Waals surface area contributed by atoms with Crippen molar-refractivity contribution in [3.63, 3.8) is 0 Å². The third-order valence-electron chi connectivity index (χ3n) is 4.32. The van der Waals surface area contributed by atoms with Crippen LogP contribution in [0.3, 0.4) is 0 Å². The number of nitrogens with zero attached hydrogens (tertiary/aromatic N) is 1. The number of aromatic nitrogens is 1. The third kappa shape index (κ3) is 3.41. The molecule has 1 aliphatic carbocycles. The van der Waals surface area contributed by atoms with E-state index in [9.17, 15) is 4.79 Å². The summed E-state index contributed by atoms with van der Waals surface area (Å²) in [5, 5.41) is 3.46. The molecule has 1 amide bonds. The number of hydrogen-bond acceptors (Lipinski definition) is 4. The molecule has 2 aromatic rings. The zero-order valence-corrected chi connectivity index (χ0v) is 13.7. The van der Waals surface area contributed by atoms with Crippen molar-refractivity contribution in [3.05, 3.63) is 41.4 Å². The molecule has 3 rings (SSSR count). The summed E-state index contributed by atoms with van der Waals surface area (Å²) < 4.78 is 10.8. The van der Waals surface area contributed by atoms with Crippen molar-refractivity contribution in [1.29, 1.82) is 0 Å². The van der Waals surface area contributed by atoms with Crippen LogP contribution in [-0.4, -0.2) is 30.6 Å². The first-order chi connectivity index (χ1) is 11.2. The Kier molecular flexibility index (Phi) is 4.98. The quantitative estimate of drug-likeness (QED) is 0.908. The Bertz CT molecular complexity index is 686. The van der Waals surface area contributed by atoms with Crippen LogP contribution in [-0.2, 0) is 4.74 Å². The Morgan fingerprint density at radius 3 is 3.04 bits per heavy atom. The lowest BCUT2D eigenvalue weighted by molar-refractivity contribution is 0.0683. The van der Waals surface area contributed by atoms with Gasteiger partial charge in [0.05, 0.1) is 11.1 Å². The lowest BCUT2D eigenvalue weighted by Gasteiger charge is -2.18. The second-order valence-corrected chi connectivity index (χ2v) is 6.09. The van der Waals surface area contributed by atoms with E-state index in [2.05, 4.69) is 10.3 Å². The Morgan fingerprint density at radius 1 is 1.43 bits per heavy atom. The average molecular weight is 335 g/mol.